The second-order valence-electron chi connectivity index (χ2n) is 6.23. The highest BCUT2D eigenvalue weighted by molar-refractivity contribution is 6.02. The fraction of sp³-hybridized carbons (Fsp3) is 0.471. The summed E-state index contributed by atoms with van der Waals surface area (Å²) in [6, 6.07) is 3.80. The van der Waals surface area contributed by atoms with Crippen LogP contribution in [-0.2, 0) is 4.79 Å². The molecule has 98 valence electrons. The van der Waals surface area contributed by atoms with Gasteiger partial charge in [0.25, 0.3) is 0 Å². The van der Waals surface area contributed by atoms with Gasteiger partial charge in [-0.25, -0.2) is 0 Å². The van der Waals surface area contributed by atoms with Crippen molar-refractivity contribution in [2.45, 2.75) is 38.5 Å². The zero-order chi connectivity index (χ0) is 12.9. The van der Waals surface area contributed by atoms with Gasteiger partial charge in [-0.3, -0.25) is 4.79 Å². The van der Waals surface area contributed by atoms with Gasteiger partial charge in [0.15, 0.2) is 5.78 Å². The van der Waals surface area contributed by atoms with Gasteiger partial charge < -0.3 is 4.42 Å². The zero-order valence-electron chi connectivity index (χ0n) is 11.0. The minimum Gasteiger partial charge on any atom is -0.465 e. The molecular weight excluding hydrogens is 236 g/mol. The molecule has 1 spiro atoms. The highest BCUT2D eigenvalue weighted by atomic mass is 16.3. The number of ketones is 1. The molecule has 2 heteroatoms. The van der Waals surface area contributed by atoms with Crippen molar-refractivity contribution in [2.24, 2.45) is 11.3 Å². The Labute approximate surface area is 113 Å². The molecule has 2 bridgehead atoms. The van der Waals surface area contributed by atoms with Crippen molar-refractivity contribution in [1.29, 1.82) is 0 Å². The first-order valence-corrected chi connectivity index (χ1v) is 7.25. The smallest absolute Gasteiger partial charge is 0.162 e. The first-order chi connectivity index (χ1) is 9.27. The lowest BCUT2D eigenvalue weighted by molar-refractivity contribution is -0.120. The molecule has 0 aliphatic heterocycles. The minimum atomic E-state index is 0.235. The van der Waals surface area contributed by atoms with Gasteiger partial charge in [-0.2, -0.15) is 0 Å². The van der Waals surface area contributed by atoms with E-state index in [1.807, 2.05) is 18.2 Å². The predicted molar refractivity (Wildman–Crippen MR) is 73.4 cm³/mol. The van der Waals surface area contributed by atoms with Crippen molar-refractivity contribution < 1.29 is 9.21 Å². The molecule has 3 aliphatic carbocycles. The molecule has 3 aliphatic rings. The van der Waals surface area contributed by atoms with Gasteiger partial charge in [0.1, 0.15) is 5.76 Å². The molecule has 0 radical (unpaired) electrons. The van der Waals surface area contributed by atoms with Crippen LogP contribution in [0, 0.1) is 11.3 Å². The molecule has 1 aromatic rings. The molecule has 4 rings (SSSR count). The number of carbonyl (C=O) groups is 1. The number of furan rings is 1. The number of fused-ring (bicyclic) bond motifs is 1. The zero-order valence-corrected chi connectivity index (χ0v) is 11.0. The molecular formula is C17H18O2. The standard InChI is InChI=1S/C17H18O2/c18-16-12-8-14-4-1-2-6-17(14,10-12)11-13(16)9-15-5-3-7-19-15/h3-5,7,9,12H,1-2,6,8,10-11H2/b13-9+. The Bertz CT molecular complexity index is 576. The molecule has 0 N–H and O–H groups in total. The Balaban J connectivity index is 1.74. The SMILES string of the molecule is O=C1/C(=C/c2ccco2)CC23CCCC=C2CC1C3. The van der Waals surface area contributed by atoms with Gasteiger partial charge in [0, 0.05) is 5.92 Å². The van der Waals surface area contributed by atoms with Crippen LogP contribution < -0.4 is 0 Å². The molecule has 0 saturated heterocycles. The molecule has 2 fully saturated rings. The van der Waals surface area contributed by atoms with Gasteiger partial charge in [-0.05, 0) is 67.7 Å². The van der Waals surface area contributed by atoms with E-state index in [1.54, 1.807) is 11.8 Å². The number of hydrogen-bond donors (Lipinski definition) is 0. The topological polar surface area (TPSA) is 30.2 Å². The highest BCUT2D eigenvalue weighted by Crippen LogP contribution is 2.59. The number of hydrogen-bond acceptors (Lipinski definition) is 2. The Morgan fingerprint density at radius 1 is 1.42 bits per heavy atom. The van der Waals surface area contributed by atoms with Crippen LogP contribution >= 0.6 is 0 Å². The van der Waals surface area contributed by atoms with Gasteiger partial charge in [0.05, 0.1) is 6.26 Å². The van der Waals surface area contributed by atoms with E-state index in [-0.39, 0.29) is 5.92 Å². The number of allylic oxidation sites excluding steroid dienone is 3. The summed E-state index contributed by atoms with van der Waals surface area (Å²) in [4.78, 5) is 12.5. The molecule has 1 heterocycles. The van der Waals surface area contributed by atoms with Gasteiger partial charge >= 0.3 is 0 Å². The van der Waals surface area contributed by atoms with E-state index in [0.717, 1.165) is 30.6 Å². The Morgan fingerprint density at radius 2 is 2.37 bits per heavy atom. The lowest BCUT2D eigenvalue weighted by Gasteiger charge is -2.37. The third-order valence-electron chi connectivity index (χ3n) is 5.11. The summed E-state index contributed by atoms with van der Waals surface area (Å²) in [5.41, 5.74) is 2.87. The van der Waals surface area contributed by atoms with Crippen molar-refractivity contribution >= 4 is 11.9 Å². The van der Waals surface area contributed by atoms with E-state index in [0.29, 0.717) is 11.2 Å². The van der Waals surface area contributed by atoms with Crippen LogP contribution in [-0.4, -0.2) is 5.78 Å². The van der Waals surface area contributed by atoms with E-state index in [1.165, 1.54) is 19.3 Å². The third-order valence-corrected chi connectivity index (χ3v) is 5.11. The first kappa shape index (κ1) is 11.3. The van der Waals surface area contributed by atoms with Gasteiger partial charge in [-0.1, -0.05) is 11.6 Å². The van der Waals surface area contributed by atoms with Crippen molar-refractivity contribution in [3.8, 4) is 0 Å². The van der Waals surface area contributed by atoms with Crippen LogP contribution in [0.2, 0.25) is 0 Å². The molecule has 19 heavy (non-hydrogen) atoms. The molecule has 2 atom stereocenters. The van der Waals surface area contributed by atoms with E-state index < -0.39 is 0 Å². The van der Waals surface area contributed by atoms with Crippen LogP contribution in [0.5, 0.6) is 0 Å². The van der Waals surface area contributed by atoms with E-state index in [4.69, 9.17) is 4.42 Å². The summed E-state index contributed by atoms with van der Waals surface area (Å²) in [6.07, 6.45) is 12.8. The Hall–Kier alpha value is -1.57. The minimum absolute atomic E-state index is 0.235. The van der Waals surface area contributed by atoms with Crippen molar-refractivity contribution in [3.63, 3.8) is 0 Å². The third kappa shape index (κ3) is 1.66. The van der Waals surface area contributed by atoms with Crippen molar-refractivity contribution in [1.82, 2.24) is 0 Å². The quantitative estimate of drug-likeness (QED) is 0.557. The van der Waals surface area contributed by atoms with E-state index in [2.05, 4.69) is 6.08 Å². The van der Waals surface area contributed by atoms with Crippen molar-refractivity contribution in [2.75, 3.05) is 0 Å². The van der Waals surface area contributed by atoms with E-state index in [9.17, 15) is 4.79 Å². The fourth-order valence-electron chi connectivity index (χ4n) is 4.28. The van der Waals surface area contributed by atoms with Crippen LogP contribution in [0.3, 0.4) is 0 Å². The second kappa shape index (κ2) is 3.96. The number of Topliss-reactive ketones (excluding diaryl/α,β-unsaturated/α-hetero) is 1. The number of carbonyl (C=O) groups excluding carboxylic acids is 1. The normalized spacial score (nSPS) is 35.4. The molecule has 1 aromatic heterocycles. The van der Waals surface area contributed by atoms with Crippen molar-refractivity contribution in [3.05, 3.63) is 41.4 Å². The average molecular weight is 254 g/mol. The monoisotopic (exact) mass is 254 g/mol. The Kier molecular flexibility index (Phi) is 2.35. The molecule has 0 amide bonds. The lowest BCUT2D eigenvalue weighted by atomic mass is 9.66. The molecule has 0 aromatic carbocycles. The summed E-state index contributed by atoms with van der Waals surface area (Å²) in [7, 11) is 0. The fourth-order valence-corrected chi connectivity index (χ4v) is 4.28. The summed E-state index contributed by atoms with van der Waals surface area (Å²) < 4.78 is 5.37. The maximum atomic E-state index is 12.5. The number of rotatable bonds is 1. The highest BCUT2D eigenvalue weighted by Gasteiger charge is 2.51. The summed E-state index contributed by atoms with van der Waals surface area (Å²) >= 11 is 0. The van der Waals surface area contributed by atoms with Crippen LogP contribution in [0.1, 0.15) is 44.3 Å². The lowest BCUT2D eigenvalue weighted by Crippen LogP contribution is -2.30. The predicted octanol–water partition coefficient (Wildman–Crippen LogP) is 4.14. The summed E-state index contributed by atoms with van der Waals surface area (Å²) in [5.74, 6) is 1.40. The largest absolute Gasteiger partial charge is 0.465 e. The van der Waals surface area contributed by atoms with E-state index >= 15 is 0 Å². The van der Waals surface area contributed by atoms with Crippen LogP contribution in [0.25, 0.3) is 6.08 Å². The second-order valence-corrected chi connectivity index (χ2v) is 6.23. The van der Waals surface area contributed by atoms with Crippen LogP contribution in [0.4, 0.5) is 0 Å². The maximum Gasteiger partial charge on any atom is 0.162 e. The van der Waals surface area contributed by atoms with Gasteiger partial charge in [0.2, 0.25) is 0 Å². The van der Waals surface area contributed by atoms with Gasteiger partial charge in [-0.15, -0.1) is 0 Å². The maximum absolute atomic E-state index is 12.5. The first-order valence-electron chi connectivity index (χ1n) is 7.25. The van der Waals surface area contributed by atoms with Crippen LogP contribution in [0.15, 0.2) is 40.0 Å². The Morgan fingerprint density at radius 3 is 3.21 bits per heavy atom. The average Bonchev–Trinajstić information content (AvgIpc) is 3.01. The summed E-state index contributed by atoms with van der Waals surface area (Å²) in [6.45, 7) is 0. The summed E-state index contributed by atoms with van der Waals surface area (Å²) in [5, 5.41) is 0. The molecule has 2 saturated carbocycles. The molecule has 2 unspecified atom stereocenters. The molecule has 2 nitrogen and oxygen atoms in total.